The van der Waals surface area contributed by atoms with Crippen LogP contribution in [0.4, 0.5) is 11.4 Å². The van der Waals surface area contributed by atoms with Crippen LogP contribution in [-0.2, 0) is 0 Å². The molecule has 2 aromatic heterocycles. The summed E-state index contributed by atoms with van der Waals surface area (Å²) in [5.74, 6) is 0. The molecule has 3 heterocycles. The van der Waals surface area contributed by atoms with Crippen molar-refractivity contribution in [1.82, 2.24) is 9.97 Å². The van der Waals surface area contributed by atoms with Crippen LogP contribution < -0.4 is 4.90 Å². The number of rotatable bonds is 3. The minimum atomic E-state index is -0.376. The van der Waals surface area contributed by atoms with Crippen molar-refractivity contribution in [3.05, 3.63) is 46.5 Å². The van der Waals surface area contributed by atoms with Gasteiger partial charge in [-0.1, -0.05) is 0 Å². The highest BCUT2D eigenvalue weighted by Crippen LogP contribution is 2.37. The average Bonchev–Trinajstić information content (AvgIpc) is 3.31. The largest absolute Gasteiger partial charge is 0.371 e. The van der Waals surface area contributed by atoms with Crippen molar-refractivity contribution < 1.29 is 4.92 Å². The first-order chi connectivity index (χ1) is 13.2. The molecule has 0 aliphatic carbocycles. The van der Waals surface area contributed by atoms with Gasteiger partial charge in [-0.2, -0.15) is 0 Å². The van der Waals surface area contributed by atoms with Gasteiger partial charge in [0.05, 0.1) is 25.4 Å². The van der Waals surface area contributed by atoms with Crippen LogP contribution >= 0.6 is 22.7 Å². The molecule has 2 aromatic carbocycles. The fraction of sp³-hybridized carbons (Fsp3) is 0.263. The molecule has 0 bridgehead atoms. The number of hydrogen-bond acceptors (Lipinski definition) is 7. The summed E-state index contributed by atoms with van der Waals surface area (Å²) < 4.78 is 1.96. The van der Waals surface area contributed by atoms with Crippen LogP contribution in [0.2, 0.25) is 0 Å². The van der Waals surface area contributed by atoms with Crippen molar-refractivity contribution in [2.24, 2.45) is 0 Å². The van der Waals surface area contributed by atoms with Gasteiger partial charge in [-0.15, -0.1) is 22.7 Å². The Morgan fingerprint density at radius 3 is 2.19 bits per heavy atom. The Hall–Kier alpha value is -2.58. The normalized spacial score (nSPS) is 14.9. The highest BCUT2D eigenvalue weighted by Gasteiger charge is 2.16. The molecule has 1 aliphatic heterocycles. The zero-order chi connectivity index (χ0) is 18.4. The number of anilines is 1. The maximum atomic E-state index is 11.0. The fourth-order valence-electron chi connectivity index (χ4n) is 3.47. The van der Waals surface area contributed by atoms with Gasteiger partial charge < -0.3 is 4.90 Å². The maximum absolute atomic E-state index is 11.0. The van der Waals surface area contributed by atoms with E-state index in [1.54, 1.807) is 23.5 Å². The zero-order valence-corrected chi connectivity index (χ0v) is 16.1. The lowest BCUT2D eigenvalue weighted by atomic mass is 10.1. The standard InChI is InChI=1S/C19H16N4O2S2/c24-23(25)13-5-7-15-17(11-13)27-19(21-15)18-20-14-6-4-12(10-16(14)26-18)22-8-2-1-3-9-22/h4-7,10-11H,1-3,8-9H2. The van der Waals surface area contributed by atoms with Gasteiger partial charge in [0, 0.05) is 30.9 Å². The molecule has 0 saturated carbocycles. The summed E-state index contributed by atoms with van der Waals surface area (Å²) in [6.07, 6.45) is 3.83. The molecule has 0 unspecified atom stereocenters. The third-order valence-electron chi connectivity index (χ3n) is 4.86. The topological polar surface area (TPSA) is 72.2 Å². The smallest absolute Gasteiger partial charge is 0.270 e. The Balaban J connectivity index is 1.52. The summed E-state index contributed by atoms with van der Waals surface area (Å²) in [6.45, 7) is 2.24. The molecular formula is C19H16N4O2S2. The number of non-ortho nitro benzene ring substituents is 1. The van der Waals surface area contributed by atoms with Crippen LogP contribution in [-0.4, -0.2) is 28.0 Å². The molecule has 6 nitrogen and oxygen atoms in total. The maximum Gasteiger partial charge on any atom is 0.270 e. The number of nitrogens with zero attached hydrogens (tertiary/aromatic N) is 4. The van der Waals surface area contributed by atoms with Gasteiger partial charge in [0.2, 0.25) is 0 Å². The van der Waals surface area contributed by atoms with Crippen LogP contribution in [0, 0.1) is 10.1 Å². The average molecular weight is 396 g/mol. The molecule has 0 amide bonds. The molecule has 0 spiro atoms. The van der Waals surface area contributed by atoms with E-state index in [1.165, 1.54) is 42.4 Å². The minimum absolute atomic E-state index is 0.0909. The van der Waals surface area contributed by atoms with E-state index in [9.17, 15) is 10.1 Å². The molecule has 1 fully saturated rings. The molecule has 136 valence electrons. The van der Waals surface area contributed by atoms with Gasteiger partial charge >= 0.3 is 0 Å². The van der Waals surface area contributed by atoms with E-state index in [0.29, 0.717) is 0 Å². The Morgan fingerprint density at radius 2 is 1.52 bits per heavy atom. The number of thiazole rings is 2. The van der Waals surface area contributed by atoms with Crippen molar-refractivity contribution in [3.63, 3.8) is 0 Å². The molecule has 5 rings (SSSR count). The summed E-state index contributed by atoms with van der Waals surface area (Å²) >= 11 is 3.08. The van der Waals surface area contributed by atoms with Gasteiger partial charge in [0.1, 0.15) is 0 Å². The summed E-state index contributed by atoms with van der Waals surface area (Å²) in [5, 5.41) is 12.7. The van der Waals surface area contributed by atoms with E-state index in [-0.39, 0.29) is 10.6 Å². The van der Waals surface area contributed by atoms with Gasteiger partial charge in [-0.05, 0) is 43.5 Å². The Bertz CT molecular complexity index is 1160. The van der Waals surface area contributed by atoms with Gasteiger partial charge in [-0.3, -0.25) is 10.1 Å². The van der Waals surface area contributed by atoms with Crippen molar-refractivity contribution in [1.29, 1.82) is 0 Å². The molecule has 4 aromatic rings. The van der Waals surface area contributed by atoms with E-state index in [2.05, 4.69) is 28.1 Å². The number of hydrogen-bond donors (Lipinski definition) is 0. The van der Waals surface area contributed by atoms with Crippen molar-refractivity contribution in [2.45, 2.75) is 19.3 Å². The minimum Gasteiger partial charge on any atom is -0.371 e. The Labute approximate surface area is 163 Å². The fourth-order valence-corrected chi connectivity index (χ4v) is 5.49. The van der Waals surface area contributed by atoms with E-state index in [0.717, 1.165) is 43.5 Å². The molecule has 0 N–H and O–H groups in total. The van der Waals surface area contributed by atoms with Gasteiger partial charge in [-0.25, -0.2) is 9.97 Å². The number of nitro benzene ring substituents is 1. The molecule has 0 atom stereocenters. The summed E-state index contributed by atoms with van der Waals surface area (Å²) in [7, 11) is 0. The summed E-state index contributed by atoms with van der Waals surface area (Å²) in [4.78, 5) is 22.4. The van der Waals surface area contributed by atoms with Gasteiger partial charge in [0.15, 0.2) is 10.0 Å². The third-order valence-corrected chi connectivity index (χ3v) is 7.04. The van der Waals surface area contributed by atoms with E-state index >= 15 is 0 Å². The number of aromatic nitrogens is 2. The lowest BCUT2D eigenvalue weighted by Crippen LogP contribution is -2.29. The molecule has 27 heavy (non-hydrogen) atoms. The van der Waals surface area contributed by atoms with Crippen LogP contribution in [0.5, 0.6) is 0 Å². The Morgan fingerprint density at radius 1 is 0.889 bits per heavy atom. The van der Waals surface area contributed by atoms with Gasteiger partial charge in [0.25, 0.3) is 5.69 Å². The number of nitro groups is 1. The van der Waals surface area contributed by atoms with E-state index < -0.39 is 0 Å². The van der Waals surface area contributed by atoms with E-state index in [1.807, 2.05) is 0 Å². The van der Waals surface area contributed by atoms with Crippen LogP contribution in [0.3, 0.4) is 0 Å². The van der Waals surface area contributed by atoms with Crippen molar-refractivity contribution in [2.75, 3.05) is 18.0 Å². The zero-order valence-electron chi connectivity index (χ0n) is 14.4. The highest BCUT2D eigenvalue weighted by molar-refractivity contribution is 7.27. The SMILES string of the molecule is O=[N+]([O-])c1ccc2nc(-c3nc4ccc(N5CCCCC5)cc4s3)sc2c1. The molecule has 8 heteroatoms. The van der Waals surface area contributed by atoms with Crippen LogP contribution in [0.25, 0.3) is 30.4 Å². The first-order valence-corrected chi connectivity index (χ1v) is 10.5. The monoisotopic (exact) mass is 396 g/mol. The van der Waals surface area contributed by atoms with E-state index in [4.69, 9.17) is 4.98 Å². The predicted octanol–water partition coefficient (Wildman–Crippen LogP) is 5.47. The third kappa shape index (κ3) is 3.04. The number of fused-ring (bicyclic) bond motifs is 2. The van der Waals surface area contributed by atoms with Crippen LogP contribution in [0.1, 0.15) is 19.3 Å². The quantitative estimate of drug-likeness (QED) is 0.339. The van der Waals surface area contributed by atoms with Crippen molar-refractivity contribution in [3.8, 4) is 10.0 Å². The first kappa shape index (κ1) is 16.6. The highest BCUT2D eigenvalue weighted by atomic mass is 32.1. The molecule has 1 saturated heterocycles. The molecule has 0 radical (unpaired) electrons. The number of benzene rings is 2. The second kappa shape index (κ2) is 6.54. The number of piperidine rings is 1. The van der Waals surface area contributed by atoms with Crippen LogP contribution in [0.15, 0.2) is 36.4 Å². The molecular weight excluding hydrogens is 380 g/mol. The summed E-state index contributed by atoms with van der Waals surface area (Å²) in [5.41, 5.74) is 3.10. The molecule has 1 aliphatic rings. The second-order valence-corrected chi connectivity index (χ2v) is 8.71. The predicted molar refractivity (Wildman–Crippen MR) is 111 cm³/mol. The summed E-state index contributed by atoms with van der Waals surface area (Å²) in [6, 6.07) is 11.2. The first-order valence-electron chi connectivity index (χ1n) is 8.88. The second-order valence-electron chi connectivity index (χ2n) is 6.65. The lowest BCUT2D eigenvalue weighted by molar-refractivity contribution is -0.384. The Kier molecular flexibility index (Phi) is 4.02. The van der Waals surface area contributed by atoms with Crippen molar-refractivity contribution >= 4 is 54.5 Å². The lowest BCUT2D eigenvalue weighted by Gasteiger charge is -2.28.